The number of aliphatic imine (C=N–C) groups is 1. The van der Waals surface area contributed by atoms with Gasteiger partial charge in [-0.05, 0) is 65.9 Å². The van der Waals surface area contributed by atoms with Gasteiger partial charge in [-0.15, -0.1) is 0 Å². The monoisotopic (exact) mass is 439 g/mol. The molecule has 0 aliphatic heterocycles. The highest BCUT2D eigenvalue weighted by atomic mass is 15.1. The van der Waals surface area contributed by atoms with Crippen LogP contribution in [0.2, 0.25) is 0 Å². The Labute approximate surface area is 200 Å². The molecule has 4 unspecified atom stereocenters. The fraction of sp³-hybridized carbons (Fsp3) is 0.733. The molecule has 0 heterocycles. The molecule has 0 spiro atoms. The van der Waals surface area contributed by atoms with Crippen molar-refractivity contribution in [1.29, 1.82) is 0 Å². The minimum absolute atomic E-state index is 0.354. The van der Waals surface area contributed by atoms with Gasteiger partial charge in [0.15, 0.2) is 0 Å². The Morgan fingerprint density at radius 2 is 1.84 bits per heavy atom. The lowest BCUT2D eigenvalue weighted by atomic mass is 9.82. The van der Waals surface area contributed by atoms with Crippen LogP contribution >= 0.6 is 0 Å². The van der Waals surface area contributed by atoms with Gasteiger partial charge in [0.25, 0.3) is 0 Å². The second-order valence-electron chi connectivity index (χ2n) is 10.2. The van der Waals surface area contributed by atoms with Crippen LogP contribution in [0.4, 0.5) is 0 Å². The first kappa shape index (κ1) is 26.8. The number of nitrogens with zero attached hydrogens (tertiary/aromatic N) is 2. The SMILES string of the molecule is C=C(CCC1C=C(C)CCC1=NC(C)C1C=CC(CCCCCCC)C[CH+]1)N(CC)CC. The van der Waals surface area contributed by atoms with Crippen LogP contribution < -0.4 is 0 Å². The lowest BCUT2D eigenvalue weighted by Gasteiger charge is -2.28. The van der Waals surface area contributed by atoms with Gasteiger partial charge in [0.2, 0.25) is 0 Å². The van der Waals surface area contributed by atoms with Gasteiger partial charge in [-0.25, -0.2) is 0 Å². The summed E-state index contributed by atoms with van der Waals surface area (Å²) in [5.41, 5.74) is 4.24. The lowest BCUT2D eigenvalue weighted by molar-refractivity contribution is 0.364. The maximum atomic E-state index is 5.31. The van der Waals surface area contributed by atoms with E-state index in [0.29, 0.717) is 17.9 Å². The number of hydrogen-bond acceptors (Lipinski definition) is 2. The van der Waals surface area contributed by atoms with E-state index in [1.165, 1.54) is 68.3 Å². The molecule has 0 aromatic carbocycles. The first-order valence-corrected chi connectivity index (χ1v) is 13.7. The van der Waals surface area contributed by atoms with E-state index in [1.807, 2.05) is 0 Å². The quantitative estimate of drug-likeness (QED) is 0.150. The third kappa shape index (κ3) is 8.83. The van der Waals surface area contributed by atoms with Crippen molar-refractivity contribution in [2.45, 2.75) is 111 Å². The summed E-state index contributed by atoms with van der Waals surface area (Å²) in [7, 11) is 0. The van der Waals surface area contributed by atoms with E-state index in [-0.39, 0.29) is 0 Å². The molecule has 0 N–H and O–H groups in total. The third-order valence-electron chi connectivity index (χ3n) is 7.57. The average molecular weight is 440 g/mol. The van der Waals surface area contributed by atoms with Crippen molar-refractivity contribution in [3.63, 3.8) is 0 Å². The predicted molar refractivity (Wildman–Crippen MR) is 143 cm³/mol. The van der Waals surface area contributed by atoms with Gasteiger partial charge in [-0.2, -0.15) is 0 Å². The minimum Gasteiger partial charge on any atom is -0.376 e. The molecule has 0 bridgehead atoms. The Bertz CT molecular complexity index is 637. The molecule has 2 heteroatoms. The summed E-state index contributed by atoms with van der Waals surface area (Å²) in [6, 6.07) is 0.354. The fourth-order valence-corrected chi connectivity index (χ4v) is 5.30. The van der Waals surface area contributed by atoms with Crippen LogP contribution in [-0.4, -0.2) is 29.7 Å². The van der Waals surface area contributed by atoms with Crippen LogP contribution in [0.3, 0.4) is 0 Å². The summed E-state index contributed by atoms with van der Waals surface area (Å²) in [6.07, 6.45) is 24.0. The zero-order valence-corrected chi connectivity index (χ0v) is 21.9. The van der Waals surface area contributed by atoms with Crippen molar-refractivity contribution < 1.29 is 0 Å². The highest BCUT2D eigenvalue weighted by Gasteiger charge is 2.29. The molecule has 32 heavy (non-hydrogen) atoms. The maximum Gasteiger partial charge on any atom is 0.138 e. The molecular weight excluding hydrogens is 388 g/mol. The van der Waals surface area contributed by atoms with Crippen molar-refractivity contribution >= 4 is 5.71 Å². The molecule has 0 saturated heterocycles. The van der Waals surface area contributed by atoms with E-state index >= 15 is 0 Å². The van der Waals surface area contributed by atoms with Crippen LogP contribution in [0.1, 0.15) is 105 Å². The van der Waals surface area contributed by atoms with Crippen molar-refractivity contribution in [1.82, 2.24) is 4.90 Å². The van der Waals surface area contributed by atoms with E-state index in [2.05, 4.69) is 70.7 Å². The van der Waals surface area contributed by atoms with Crippen LogP contribution in [0.15, 0.2) is 41.1 Å². The fourth-order valence-electron chi connectivity index (χ4n) is 5.30. The normalized spacial score (nSPS) is 25.3. The van der Waals surface area contributed by atoms with E-state index in [1.54, 1.807) is 0 Å². The van der Waals surface area contributed by atoms with Gasteiger partial charge < -0.3 is 4.90 Å². The molecular formula is C30H51N2+. The number of hydrogen-bond donors (Lipinski definition) is 0. The second kappa shape index (κ2) is 14.7. The standard InChI is InChI=1S/C30H51N2/c1-7-10-11-12-13-14-27-17-20-28(21-18-27)26(6)31-30-22-15-24(4)23-29(30)19-16-25(5)32(8-2)9-3/h17,20-21,23,26-29H,5,7-16,18-19,22H2,1-4,6H3/q+1. The smallest absolute Gasteiger partial charge is 0.138 e. The van der Waals surface area contributed by atoms with Crippen LogP contribution in [0, 0.1) is 24.2 Å². The Hall–Kier alpha value is -1.44. The highest BCUT2D eigenvalue weighted by molar-refractivity contribution is 5.89. The molecule has 0 aromatic heterocycles. The molecule has 0 fully saturated rings. The summed E-state index contributed by atoms with van der Waals surface area (Å²) in [4.78, 5) is 7.70. The highest BCUT2D eigenvalue weighted by Crippen LogP contribution is 2.31. The van der Waals surface area contributed by atoms with Gasteiger partial charge in [-0.3, -0.25) is 4.99 Å². The number of allylic oxidation sites excluding steroid dienone is 4. The molecule has 0 aromatic rings. The van der Waals surface area contributed by atoms with Gasteiger partial charge in [0.1, 0.15) is 5.92 Å². The minimum atomic E-state index is 0.354. The van der Waals surface area contributed by atoms with E-state index in [0.717, 1.165) is 38.3 Å². The van der Waals surface area contributed by atoms with Crippen molar-refractivity contribution in [2.24, 2.45) is 22.7 Å². The number of unbranched alkanes of at least 4 members (excludes halogenated alkanes) is 4. The molecule has 0 radical (unpaired) electrons. The number of rotatable bonds is 14. The lowest BCUT2D eigenvalue weighted by Crippen LogP contribution is -2.25. The van der Waals surface area contributed by atoms with Gasteiger partial charge in [-0.1, -0.05) is 63.3 Å². The summed E-state index contributed by atoms with van der Waals surface area (Å²) in [6.45, 7) is 17.8. The second-order valence-corrected chi connectivity index (χ2v) is 10.2. The molecule has 0 amide bonds. The molecule has 2 aliphatic rings. The molecule has 2 rings (SSSR count). The Balaban J connectivity index is 1.89. The summed E-state index contributed by atoms with van der Waals surface area (Å²) in [5.74, 6) is 1.74. The zero-order chi connectivity index (χ0) is 23.3. The first-order chi connectivity index (χ1) is 15.5. The summed E-state index contributed by atoms with van der Waals surface area (Å²) >= 11 is 0. The summed E-state index contributed by atoms with van der Waals surface area (Å²) in [5, 5.41) is 0. The van der Waals surface area contributed by atoms with Gasteiger partial charge in [0.05, 0.1) is 18.9 Å². The largest absolute Gasteiger partial charge is 0.376 e. The maximum absolute atomic E-state index is 5.31. The predicted octanol–water partition coefficient (Wildman–Crippen LogP) is 8.56. The van der Waals surface area contributed by atoms with E-state index in [4.69, 9.17) is 4.99 Å². The molecule has 2 nitrogen and oxygen atoms in total. The van der Waals surface area contributed by atoms with Crippen LogP contribution in [0.5, 0.6) is 0 Å². The molecule has 0 saturated carbocycles. The molecule has 2 aliphatic carbocycles. The van der Waals surface area contributed by atoms with E-state index < -0.39 is 0 Å². The van der Waals surface area contributed by atoms with Crippen molar-refractivity contribution in [3.8, 4) is 0 Å². The van der Waals surface area contributed by atoms with Gasteiger partial charge in [0, 0.05) is 36.3 Å². The Morgan fingerprint density at radius 1 is 1.09 bits per heavy atom. The summed E-state index contributed by atoms with van der Waals surface area (Å²) < 4.78 is 0. The van der Waals surface area contributed by atoms with Crippen molar-refractivity contribution in [2.75, 3.05) is 13.1 Å². The topological polar surface area (TPSA) is 15.6 Å². The van der Waals surface area contributed by atoms with Crippen molar-refractivity contribution in [3.05, 3.63) is 42.5 Å². The Kier molecular flexibility index (Phi) is 12.3. The molecule has 180 valence electrons. The first-order valence-electron chi connectivity index (χ1n) is 13.7. The van der Waals surface area contributed by atoms with Crippen LogP contribution in [0.25, 0.3) is 0 Å². The third-order valence-corrected chi connectivity index (χ3v) is 7.57. The van der Waals surface area contributed by atoms with Gasteiger partial charge >= 0.3 is 0 Å². The average Bonchev–Trinajstić information content (AvgIpc) is 2.80. The van der Waals surface area contributed by atoms with Crippen LogP contribution in [-0.2, 0) is 0 Å². The molecule has 4 atom stereocenters. The van der Waals surface area contributed by atoms with E-state index in [9.17, 15) is 0 Å². The Morgan fingerprint density at radius 3 is 2.50 bits per heavy atom. The zero-order valence-electron chi connectivity index (χ0n) is 21.9.